The van der Waals surface area contributed by atoms with Crippen molar-refractivity contribution in [2.75, 3.05) is 18.1 Å². The van der Waals surface area contributed by atoms with Gasteiger partial charge in [0.15, 0.2) is 0 Å². The number of anilines is 2. The number of hydrogen-bond donors (Lipinski definition) is 0. The fourth-order valence-corrected chi connectivity index (χ4v) is 2.23. The molecule has 0 spiro atoms. The summed E-state index contributed by atoms with van der Waals surface area (Å²) >= 11 is 0. The van der Waals surface area contributed by atoms with Crippen molar-refractivity contribution in [1.29, 1.82) is 0 Å². The van der Waals surface area contributed by atoms with Crippen molar-refractivity contribution in [3.05, 3.63) is 41.6 Å². The maximum atomic E-state index is 13.1. The highest BCUT2D eigenvalue weighted by Gasteiger charge is 2.36. The van der Waals surface area contributed by atoms with Crippen molar-refractivity contribution < 1.29 is 17.9 Å². The molecule has 130 valence electrons. The summed E-state index contributed by atoms with van der Waals surface area (Å²) in [6, 6.07) is 7.62. The van der Waals surface area contributed by atoms with Gasteiger partial charge in [0.1, 0.15) is 5.56 Å². The number of ether oxygens (including phenoxy) is 1. The van der Waals surface area contributed by atoms with Gasteiger partial charge in [0.2, 0.25) is 11.8 Å². The van der Waals surface area contributed by atoms with Crippen LogP contribution in [0.25, 0.3) is 0 Å². The highest BCUT2D eigenvalue weighted by molar-refractivity contribution is 5.58. The number of benzene rings is 1. The number of nitrogens with zero attached hydrogens (tertiary/aromatic N) is 3. The Morgan fingerprint density at radius 3 is 2.54 bits per heavy atom. The molecule has 1 aromatic carbocycles. The van der Waals surface area contributed by atoms with Gasteiger partial charge in [-0.2, -0.15) is 18.2 Å². The minimum Gasteiger partial charge on any atom is -0.477 e. The first kappa shape index (κ1) is 18.0. The first-order valence-corrected chi connectivity index (χ1v) is 7.78. The normalized spacial score (nSPS) is 11.4. The lowest BCUT2D eigenvalue weighted by Crippen LogP contribution is -2.21. The highest BCUT2D eigenvalue weighted by atomic mass is 19.4. The van der Waals surface area contributed by atoms with E-state index in [-0.39, 0.29) is 12.6 Å². The van der Waals surface area contributed by atoms with E-state index in [1.807, 2.05) is 45.0 Å². The standard InChI is InChI=1S/C17H20F3N3O/c1-4-9-24-15-14(17(18,19)20)11-21-16(22-15)23(5-2)13-8-6-7-12(3)10-13/h6-8,10-11H,4-5,9H2,1-3H3. The zero-order valence-corrected chi connectivity index (χ0v) is 13.9. The van der Waals surface area contributed by atoms with E-state index in [9.17, 15) is 13.2 Å². The molecule has 1 heterocycles. The predicted octanol–water partition coefficient (Wildman–Crippen LogP) is 4.75. The molecule has 0 atom stereocenters. The van der Waals surface area contributed by atoms with E-state index < -0.39 is 17.6 Å². The van der Waals surface area contributed by atoms with E-state index in [1.165, 1.54) is 0 Å². The van der Waals surface area contributed by atoms with Gasteiger partial charge in [-0.3, -0.25) is 0 Å². The van der Waals surface area contributed by atoms with E-state index >= 15 is 0 Å². The molecule has 1 aromatic heterocycles. The molecule has 0 saturated carbocycles. The second kappa shape index (κ2) is 7.51. The van der Waals surface area contributed by atoms with Crippen LogP contribution in [0.3, 0.4) is 0 Å². The van der Waals surface area contributed by atoms with Crippen LogP contribution in [0.1, 0.15) is 31.4 Å². The predicted molar refractivity (Wildman–Crippen MR) is 86.7 cm³/mol. The molecule has 0 aliphatic heterocycles. The van der Waals surface area contributed by atoms with Gasteiger partial charge in [0.25, 0.3) is 0 Å². The molecule has 0 aliphatic rings. The van der Waals surface area contributed by atoms with E-state index in [1.54, 1.807) is 4.90 Å². The summed E-state index contributed by atoms with van der Waals surface area (Å²) in [6.07, 6.45) is -3.18. The van der Waals surface area contributed by atoms with Crippen LogP contribution >= 0.6 is 0 Å². The maximum Gasteiger partial charge on any atom is 0.423 e. The summed E-state index contributed by atoms with van der Waals surface area (Å²) in [4.78, 5) is 9.67. The van der Waals surface area contributed by atoms with Crippen LogP contribution in [0, 0.1) is 6.92 Å². The van der Waals surface area contributed by atoms with Gasteiger partial charge >= 0.3 is 6.18 Å². The Balaban J connectivity index is 2.45. The van der Waals surface area contributed by atoms with Crippen molar-refractivity contribution in [3.63, 3.8) is 0 Å². The van der Waals surface area contributed by atoms with Gasteiger partial charge < -0.3 is 9.64 Å². The minimum absolute atomic E-state index is 0.163. The van der Waals surface area contributed by atoms with Crippen molar-refractivity contribution in [1.82, 2.24) is 9.97 Å². The molecule has 0 fully saturated rings. The zero-order chi connectivity index (χ0) is 17.7. The quantitative estimate of drug-likeness (QED) is 0.761. The molecule has 2 rings (SSSR count). The van der Waals surface area contributed by atoms with Crippen LogP contribution in [0.4, 0.5) is 24.8 Å². The third-order valence-electron chi connectivity index (χ3n) is 3.36. The molecule has 2 aromatic rings. The number of rotatable bonds is 6. The molecule has 0 N–H and O–H groups in total. The molecule has 0 bridgehead atoms. The van der Waals surface area contributed by atoms with Gasteiger partial charge in [-0.1, -0.05) is 19.1 Å². The minimum atomic E-state index is -4.55. The van der Waals surface area contributed by atoms with Gasteiger partial charge in [-0.15, -0.1) is 0 Å². The molecular formula is C17H20F3N3O. The Labute approximate surface area is 139 Å². The Kier molecular flexibility index (Phi) is 5.64. The number of halogens is 3. The molecule has 7 heteroatoms. The van der Waals surface area contributed by atoms with E-state index in [4.69, 9.17) is 4.74 Å². The topological polar surface area (TPSA) is 38.2 Å². The summed E-state index contributed by atoms with van der Waals surface area (Å²) in [5.74, 6) is -0.248. The smallest absolute Gasteiger partial charge is 0.423 e. The fraction of sp³-hybridized carbons (Fsp3) is 0.412. The molecular weight excluding hydrogens is 319 g/mol. The van der Waals surface area contributed by atoms with Gasteiger partial charge in [0, 0.05) is 18.4 Å². The second-order valence-corrected chi connectivity index (χ2v) is 5.32. The first-order valence-electron chi connectivity index (χ1n) is 7.78. The maximum absolute atomic E-state index is 13.1. The molecule has 4 nitrogen and oxygen atoms in total. The lowest BCUT2D eigenvalue weighted by atomic mass is 10.2. The average Bonchev–Trinajstić information content (AvgIpc) is 2.53. The molecule has 0 unspecified atom stereocenters. The van der Waals surface area contributed by atoms with Crippen molar-refractivity contribution >= 4 is 11.6 Å². The molecule has 0 saturated heterocycles. The highest BCUT2D eigenvalue weighted by Crippen LogP contribution is 2.36. The summed E-state index contributed by atoms with van der Waals surface area (Å²) in [7, 11) is 0. The van der Waals surface area contributed by atoms with Gasteiger partial charge in [-0.05, 0) is 38.0 Å². The number of aromatic nitrogens is 2. The Hall–Kier alpha value is -2.31. The average molecular weight is 339 g/mol. The van der Waals surface area contributed by atoms with Crippen LogP contribution in [-0.2, 0) is 6.18 Å². The third-order valence-corrected chi connectivity index (χ3v) is 3.36. The second-order valence-electron chi connectivity index (χ2n) is 5.32. The first-order chi connectivity index (χ1) is 11.4. The fourth-order valence-electron chi connectivity index (χ4n) is 2.23. The van der Waals surface area contributed by atoms with Gasteiger partial charge in [0.05, 0.1) is 6.61 Å². The van der Waals surface area contributed by atoms with Crippen LogP contribution < -0.4 is 9.64 Å². The van der Waals surface area contributed by atoms with E-state index in [0.29, 0.717) is 13.0 Å². The Morgan fingerprint density at radius 2 is 1.96 bits per heavy atom. The van der Waals surface area contributed by atoms with E-state index in [2.05, 4.69) is 9.97 Å². The van der Waals surface area contributed by atoms with Crippen LogP contribution in [0.5, 0.6) is 5.88 Å². The zero-order valence-electron chi connectivity index (χ0n) is 13.9. The summed E-state index contributed by atoms with van der Waals surface area (Å²) in [6.45, 7) is 6.33. The van der Waals surface area contributed by atoms with E-state index in [0.717, 1.165) is 17.4 Å². The molecule has 0 radical (unpaired) electrons. The van der Waals surface area contributed by atoms with Crippen LogP contribution in [0.2, 0.25) is 0 Å². The molecule has 0 amide bonds. The monoisotopic (exact) mass is 339 g/mol. The number of hydrogen-bond acceptors (Lipinski definition) is 4. The van der Waals surface area contributed by atoms with Crippen molar-refractivity contribution in [2.45, 2.75) is 33.4 Å². The lowest BCUT2D eigenvalue weighted by Gasteiger charge is -2.22. The van der Waals surface area contributed by atoms with Crippen LogP contribution in [0.15, 0.2) is 30.5 Å². The Morgan fingerprint density at radius 1 is 1.21 bits per heavy atom. The number of alkyl halides is 3. The summed E-state index contributed by atoms with van der Waals surface area (Å²) in [5.41, 5.74) is 0.902. The molecule has 24 heavy (non-hydrogen) atoms. The summed E-state index contributed by atoms with van der Waals surface area (Å²) in [5, 5.41) is 0. The molecule has 0 aliphatic carbocycles. The van der Waals surface area contributed by atoms with Crippen LogP contribution in [-0.4, -0.2) is 23.1 Å². The largest absolute Gasteiger partial charge is 0.477 e. The lowest BCUT2D eigenvalue weighted by molar-refractivity contribution is -0.139. The van der Waals surface area contributed by atoms with Gasteiger partial charge in [-0.25, -0.2) is 4.98 Å². The Bertz CT molecular complexity index is 689. The SMILES string of the molecule is CCCOc1nc(N(CC)c2cccc(C)c2)ncc1C(F)(F)F. The summed E-state index contributed by atoms with van der Waals surface area (Å²) < 4.78 is 44.5. The van der Waals surface area contributed by atoms with Crippen molar-refractivity contribution in [2.24, 2.45) is 0 Å². The third kappa shape index (κ3) is 4.15. The van der Waals surface area contributed by atoms with Crippen molar-refractivity contribution in [3.8, 4) is 5.88 Å². The number of aryl methyl sites for hydroxylation is 1.